The van der Waals surface area contributed by atoms with Gasteiger partial charge < -0.3 is 10.5 Å². The zero-order chi connectivity index (χ0) is 14.7. The molecule has 2 aromatic rings. The van der Waals surface area contributed by atoms with Crippen LogP contribution in [0, 0.1) is 26.2 Å². The second-order valence-electron chi connectivity index (χ2n) is 4.63. The van der Waals surface area contributed by atoms with E-state index in [1.54, 1.807) is 11.3 Å². The van der Waals surface area contributed by atoms with Crippen LogP contribution < -0.4 is 10.5 Å². The van der Waals surface area contributed by atoms with Gasteiger partial charge in [-0.15, -0.1) is 11.3 Å². The fourth-order valence-corrected chi connectivity index (χ4v) is 2.80. The average Bonchev–Trinajstić information content (AvgIpc) is 2.73. The zero-order valence-corrected chi connectivity index (χ0v) is 12.7. The Balaban J connectivity index is 2.13. The lowest BCUT2D eigenvalue weighted by Crippen LogP contribution is -2.17. The highest BCUT2D eigenvalue weighted by atomic mass is 32.1. The smallest absolute Gasteiger partial charge is 0.225 e. The van der Waals surface area contributed by atoms with Crippen LogP contribution in [-0.2, 0) is 6.42 Å². The van der Waals surface area contributed by atoms with Crippen molar-refractivity contribution in [3.63, 3.8) is 0 Å². The van der Waals surface area contributed by atoms with Crippen molar-refractivity contribution >= 4 is 17.2 Å². The Labute approximate surface area is 122 Å². The second-order valence-corrected chi connectivity index (χ2v) is 5.57. The quantitative estimate of drug-likeness (QED) is 0.654. The van der Waals surface area contributed by atoms with Gasteiger partial charge in [0.25, 0.3) is 0 Å². The van der Waals surface area contributed by atoms with Crippen molar-refractivity contribution in [1.29, 1.82) is 5.41 Å². The fraction of sp³-hybridized carbons (Fsp3) is 0.357. The summed E-state index contributed by atoms with van der Waals surface area (Å²) in [5.41, 5.74) is 10.8. The van der Waals surface area contributed by atoms with E-state index in [4.69, 9.17) is 15.9 Å². The largest absolute Gasteiger partial charge is 0.477 e. The van der Waals surface area contributed by atoms with Crippen molar-refractivity contribution in [2.24, 2.45) is 5.73 Å². The van der Waals surface area contributed by atoms with Crippen LogP contribution in [0.15, 0.2) is 11.6 Å². The van der Waals surface area contributed by atoms with Gasteiger partial charge in [-0.3, -0.25) is 5.41 Å². The standard InChI is InChI=1S/C14H18N4OS/c1-8-6-9(2)18-14(12(8)13(15)16)19-5-4-11-10(3)17-7-20-11/h6-7H,4-5H2,1-3H3,(H3,15,16). The molecule has 0 unspecified atom stereocenters. The lowest BCUT2D eigenvalue weighted by atomic mass is 10.1. The minimum atomic E-state index is -0.0148. The molecule has 0 aromatic carbocycles. The Morgan fingerprint density at radius 1 is 1.40 bits per heavy atom. The maximum absolute atomic E-state index is 7.65. The molecule has 0 radical (unpaired) electrons. The summed E-state index contributed by atoms with van der Waals surface area (Å²) in [5, 5.41) is 7.65. The monoisotopic (exact) mass is 290 g/mol. The Kier molecular flexibility index (Phi) is 4.34. The highest BCUT2D eigenvalue weighted by molar-refractivity contribution is 7.09. The third-order valence-corrected chi connectivity index (χ3v) is 3.99. The van der Waals surface area contributed by atoms with Crippen molar-refractivity contribution in [2.75, 3.05) is 6.61 Å². The minimum Gasteiger partial charge on any atom is -0.477 e. The molecule has 5 nitrogen and oxygen atoms in total. The third kappa shape index (κ3) is 3.14. The van der Waals surface area contributed by atoms with Gasteiger partial charge in [-0.2, -0.15) is 0 Å². The van der Waals surface area contributed by atoms with E-state index in [2.05, 4.69) is 9.97 Å². The minimum absolute atomic E-state index is 0.0148. The number of aromatic nitrogens is 2. The van der Waals surface area contributed by atoms with E-state index in [-0.39, 0.29) is 5.84 Å². The molecule has 0 atom stereocenters. The maximum atomic E-state index is 7.65. The van der Waals surface area contributed by atoms with Crippen LogP contribution >= 0.6 is 11.3 Å². The summed E-state index contributed by atoms with van der Waals surface area (Å²) in [7, 11) is 0. The van der Waals surface area contributed by atoms with E-state index in [0.717, 1.165) is 23.4 Å². The number of aryl methyl sites for hydroxylation is 3. The number of pyridine rings is 1. The second kappa shape index (κ2) is 6.00. The Morgan fingerprint density at radius 2 is 2.15 bits per heavy atom. The van der Waals surface area contributed by atoms with Gasteiger partial charge in [0.1, 0.15) is 5.84 Å². The van der Waals surface area contributed by atoms with E-state index < -0.39 is 0 Å². The van der Waals surface area contributed by atoms with Crippen LogP contribution in [0.1, 0.15) is 27.4 Å². The number of thiazole rings is 1. The van der Waals surface area contributed by atoms with E-state index in [1.165, 1.54) is 4.88 Å². The van der Waals surface area contributed by atoms with Gasteiger partial charge in [0, 0.05) is 17.0 Å². The lowest BCUT2D eigenvalue weighted by Gasteiger charge is -2.12. The number of amidine groups is 1. The van der Waals surface area contributed by atoms with Gasteiger partial charge >= 0.3 is 0 Å². The van der Waals surface area contributed by atoms with Crippen molar-refractivity contribution in [2.45, 2.75) is 27.2 Å². The maximum Gasteiger partial charge on any atom is 0.225 e. The molecule has 0 aliphatic heterocycles. The van der Waals surface area contributed by atoms with Crippen LogP contribution in [0.3, 0.4) is 0 Å². The summed E-state index contributed by atoms with van der Waals surface area (Å²) in [6.07, 6.45) is 0.780. The van der Waals surface area contributed by atoms with Crippen molar-refractivity contribution < 1.29 is 4.74 Å². The molecule has 106 valence electrons. The zero-order valence-electron chi connectivity index (χ0n) is 11.9. The molecule has 0 amide bonds. The summed E-state index contributed by atoms with van der Waals surface area (Å²) >= 11 is 1.62. The molecule has 2 heterocycles. The topological polar surface area (TPSA) is 84.9 Å². The van der Waals surface area contributed by atoms with Crippen molar-refractivity contribution in [1.82, 2.24) is 9.97 Å². The molecule has 6 heteroatoms. The summed E-state index contributed by atoms with van der Waals surface area (Å²) < 4.78 is 5.74. The molecule has 0 spiro atoms. The molecule has 2 rings (SSSR count). The number of hydrogen-bond acceptors (Lipinski definition) is 5. The number of hydrogen-bond donors (Lipinski definition) is 2. The number of nitrogens with zero attached hydrogens (tertiary/aromatic N) is 2. The molecular weight excluding hydrogens is 272 g/mol. The molecule has 20 heavy (non-hydrogen) atoms. The number of nitrogen functional groups attached to an aromatic ring is 1. The normalized spacial score (nSPS) is 10.6. The molecule has 0 aliphatic rings. The Bertz CT molecular complexity index is 636. The molecule has 0 aliphatic carbocycles. The highest BCUT2D eigenvalue weighted by Crippen LogP contribution is 2.21. The van der Waals surface area contributed by atoms with Crippen molar-refractivity contribution in [3.8, 4) is 5.88 Å². The molecular formula is C14H18N4OS. The Morgan fingerprint density at radius 3 is 2.75 bits per heavy atom. The van der Waals surface area contributed by atoms with Gasteiger partial charge in [-0.25, -0.2) is 9.97 Å². The summed E-state index contributed by atoms with van der Waals surface area (Å²) in [6, 6.07) is 1.90. The van der Waals surface area contributed by atoms with E-state index in [9.17, 15) is 0 Å². The molecule has 0 saturated heterocycles. The number of rotatable bonds is 5. The molecule has 3 N–H and O–H groups in total. The first-order valence-electron chi connectivity index (χ1n) is 6.33. The van der Waals surface area contributed by atoms with Gasteiger partial charge in [-0.1, -0.05) is 0 Å². The van der Waals surface area contributed by atoms with E-state index in [0.29, 0.717) is 18.1 Å². The first kappa shape index (κ1) is 14.5. The summed E-state index contributed by atoms with van der Waals surface area (Å²) in [5.74, 6) is 0.427. The van der Waals surface area contributed by atoms with Crippen LogP contribution in [0.5, 0.6) is 5.88 Å². The van der Waals surface area contributed by atoms with Gasteiger partial charge in [0.15, 0.2) is 0 Å². The number of nitrogens with one attached hydrogen (secondary N) is 1. The number of ether oxygens (including phenoxy) is 1. The van der Waals surface area contributed by atoms with Crippen LogP contribution in [0.2, 0.25) is 0 Å². The van der Waals surface area contributed by atoms with Gasteiger partial charge in [-0.05, 0) is 32.4 Å². The average molecular weight is 290 g/mol. The van der Waals surface area contributed by atoms with Crippen LogP contribution in [0.4, 0.5) is 0 Å². The SMILES string of the molecule is Cc1cc(C)c(C(=N)N)c(OCCc2scnc2C)n1. The van der Waals surface area contributed by atoms with Gasteiger partial charge in [0.2, 0.25) is 5.88 Å². The number of nitrogens with two attached hydrogens (primary N) is 1. The fourth-order valence-electron chi connectivity index (χ4n) is 2.04. The van der Waals surface area contributed by atoms with E-state index >= 15 is 0 Å². The molecule has 0 saturated carbocycles. The first-order valence-corrected chi connectivity index (χ1v) is 7.21. The summed E-state index contributed by atoms with van der Waals surface area (Å²) in [6.45, 7) is 6.30. The molecule has 0 bridgehead atoms. The predicted molar refractivity (Wildman–Crippen MR) is 80.8 cm³/mol. The predicted octanol–water partition coefficient (Wildman–Crippen LogP) is 2.37. The van der Waals surface area contributed by atoms with Crippen molar-refractivity contribution in [3.05, 3.63) is 39.0 Å². The van der Waals surface area contributed by atoms with Crippen LogP contribution in [-0.4, -0.2) is 22.4 Å². The lowest BCUT2D eigenvalue weighted by molar-refractivity contribution is 0.308. The first-order chi connectivity index (χ1) is 9.49. The molecule has 0 fully saturated rings. The third-order valence-electron chi connectivity index (χ3n) is 2.99. The Hall–Kier alpha value is -1.95. The van der Waals surface area contributed by atoms with E-state index in [1.807, 2.05) is 32.3 Å². The summed E-state index contributed by atoms with van der Waals surface area (Å²) in [4.78, 5) is 9.76. The van der Waals surface area contributed by atoms with Gasteiger partial charge in [0.05, 0.1) is 23.4 Å². The highest BCUT2D eigenvalue weighted by Gasteiger charge is 2.13. The van der Waals surface area contributed by atoms with Crippen LogP contribution in [0.25, 0.3) is 0 Å². The molecule has 2 aromatic heterocycles.